The normalized spacial score (nSPS) is 12.4. The van der Waals surface area contributed by atoms with Gasteiger partial charge in [-0.25, -0.2) is 0 Å². The van der Waals surface area contributed by atoms with Gasteiger partial charge in [-0.1, -0.05) is 34.5 Å². The van der Waals surface area contributed by atoms with Gasteiger partial charge >= 0.3 is 11.9 Å². The third-order valence-electron chi connectivity index (χ3n) is 2.37. The maximum absolute atomic E-state index is 10.9. The molecule has 1 aromatic rings. The second kappa shape index (κ2) is 6.64. The summed E-state index contributed by atoms with van der Waals surface area (Å²) in [6.45, 7) is 0. The molecular weight excluding hydrogens is 268 g/mol. The maximum atomic E-state index is 10.9. The SMILES string of the molecule is [N-]=[N+]=N[C@H](C(=O)O)c1ccc([C@H](N=[N+]=[N-])C(=O)O)cc1. The standard InChI is InChI=1S/C10H8N6O4/c11-15-13-7(9(17)18)5-1-2-6(4-3-5)8(10(19)20)14-16-12/h1-4,7-8H,(H,17,18)(H,19,20)/t7-,8-/m0/s1. The number of carboxylic acids is 2. The Morgan fingerprint density at radius 3 is 1.40 bits per heavy atom. The van der Waals surface area contributed by atoms with E-state index in [1.165, 1.54) is 24.3 Å². The molecule has 0 aliphatic heterocycles. The fraction of sp³-hybridized carbons (Fsp3) is 0.200. The average Bonchev–Trinajstić information content (AvgIpc) is 2.42. The molecule has 20 heavy (non-hydrogen) atoms. The number of nitrogens with zero attached hydrogens (tertiary/aromatic N) is 6. The summed E-state index contributed by atoms with van der Waals surface area (Å²) in [7, 11) is 0. The Morgan fingerprint density at radius 2 is 1.20 bits per heavy atom. The zero-order chi connectivity index (χ0) is 15.1. The van der Waals surface area contributed by atoms with Crippen molar-refractivity contribution in [3.63, 3.8) is 0 Å². The Bertz CT molecular complexity index is 556. The molecule has 0 aliphatic rings. The van der Waals surface area contributed by atoms with Crippen LogP contribution in [-0.4, -0.2) is 22.2 Å². The van der Waals surface area contributed by atoms with Gasteiger partial charge in [-0.3, -0.25) is 9.59 Å². The highest BCUT2D eigenvalue weighted by atomic mass is 16.4. The molecule has 0 saturated heterocycles. The topological polar surface area (TPSA) is 172 Å². The molecular formula is C10H8N6O4. The number of carboxylic acid groups (broad SMARTS) is 2. The number of benzene rings is 1. The van der Waals surface area contributed by atoms with Gasteiger partial charge in [0, 0.05) is 9.82 Å². The smallest absolute Gasteiger partial charge is 0.316 e. The fourth-order valence-electron chi connectivity index (χ4n) is 1.48. The van der Waals surface area contributed by atoms with E-state index >= 15 is 0 Å². The number of rotatable bonds is 6. The quantitative estimate of drug-likeness (QED) is 0.461. The van der Waals surface area contributed by atoms with Gasteiger partial charge in [0.05, 0.1) is 0 Å². The highest BCUT2D eigenvalue weighted by Crippen LogP contribution is 2.23. The molecule has 0 amide bonds. The molecule has 0 heterocycles. The van der Waals surface area contributed by atoms with E-state index in [1.807, 2.05) is 0 Å². The minimum absolute atomic E-state index is 0.184. The highest BCUT2D eigenvalue weighted by Gasteiger charge is 2.21. The van der Waals surface area contributed by atoms with Crippen LogP contribution in [0.15, 0.2) is 34.5 Å². The van der Waals surface area contributed by atoms with Gasteiger partial charge in [-0.15, -0.1) is 0 Å². The molecule has 0 radical (unpaired) electrons. The van der Waals surface area contributed by atoms with Gasteiger partial charge in [-0.2, -0.15) is 0 Å². The van der Waals surface area contributed by atoms with Gasteiger partial charge in [0.1, 0.15) is 0 Å². The Labute approximate surface area is 111 Å². The lowest BCUT2D eigenvalue weighted by atomic mass is 10.0. The first-order valence-electron chi connectivity index (χ1n) is 5.15. The van der Waals surface area contributed by atoms with Crippen molar-refractivity contribution < 1.29 is 19.8 Å². The van der Waals surface area contributed by atoms with Crippen LogP contribution in [0.25, 0.3) is 20.9 Å². The summed E-state index contributed by atoms with van der Waals surface area (Å²) in [5.41, 5.74) is 17.0. The van der Waals surface area contributed by atoms with E-state index in [0.717, 1.165) is 0 Å². The van der Waals surface area contributed by atoms with Crippen molar-refractivity contribution in [2.24, 2.45) is 10.2 Å². The highest BCUT2D eigenvalue weighted by molar-refractivity contribution is 5.77. The van der Waals surface area contributed by atoms with Gasteiger partial charge in [-0.05, 0) is 22.2 Å². The summed E-state index contributed by atoms with van der Waals surface area (Å²) in [5, 5.41) is 24.0. The average molecular weight is 276 g/mol. The molecule has 2 atom stereocenters. The number of hydrogen-bond donors (Lipinski definition) is 2. The van der Waals surface area contributed by atoms with Crippen LogP contribution in [0, 0.1) is 0 Å². The molecule has 0 bridgehead atoms. The van der Waals surface area contributed by atoms with Crippen LogP contribution < -0.4 is 0 Å². The van der Waals surface area contributed by atoms with Crippen molar-refractivity contribution in [1.82, 2.24) is 0 Å². The predicted octanol–water partition coefficient (Wildman–Crippen LogP) is 2.56. The van der Waals surface area contributed by atoms with Crippen molar-refractivity contribution in [1.29, 1.82) is 0 Å². The zero-order valence-corrected chi connectivity index (χ0v) is 9.86. The van der Waals surface area contributed by atoms with Crippen molar-refractivity contribution >= 4 is 11.9 Å². The third-order valence-corrected chi connectivity index (χ3v) is 2.37. The molecule has 102 valence electrons. The summed E-state index contributed by atoms with van der Waals surface area (Å²) >= 11 is 0. The van der Waals surface area contributed by atoms with Gasteiger partial charge in [0.15, 0.2) is 12.1 Å². The van der Waals surface area contributed by atoms with Crippen molar-refractivity contribution in [2.45, 2.75) is 12.1 Å². The molecule has 1 aromatic carbocycles. The third kappa shape index (κ3) is 3.39. The summed E-state index contributed by atoms with van der Waals surface area (Å²) in [5.74, 6) is -2.67. The van der Waals surface area contributed by atoms with E-state index in [4.69, 9.17) is 21.3 Å². The lowest BCUT2D eigenvalue weighted by Gasteiger charge is -2.09. The second-order valence-corrected chi connectivity index (χ2v) is 3.56. The van der Waals surface area contributed by atoms with E-state index in [0.29, 0.717) is 0 Å². The Morgan fingerprint density at radius 1 is 0.900 bits per heavy atom. The molecule has 0 unspecified atom stereocenters. The molecule has 0 fully saturated rings. The molecule has 0 aliphatic carbocycles. The molecule has 0 aromatic heterocycles. The van der Waals surface area contributed by atoms with Crippen LogP contribution in [0.5, 0.6) is 0 Å². The molecule has 1 rings (SSSR count). The van der Waals surface area contributed by atoms with E-state index in [9.17, 15) is 9.59 Å². The summed E-state index contributed by atoms with van der Waals surface area (Å²) in [4.78, 5) is 26.7. The van der Waals surface area contributed by atoms with Crippen LogP contribution in [0.2, 0.25) is 0 Å². The monoisotopic (exact) mass is 276 g/mol. The summed E-state index contributed by atoms with van der Waals surface area (Å²) in [6, 6.07) is 2.38. The lowest BCUT2D eigenvalue weighted by molar-refractivity contribution is -0.139. The second-order valence-electron chi connectivity index (χ2n) is 3.56. The molecule has 0 spiro atoms. The van der Waals surface area contributed by atoms with E-state index in [2.05, 4.69) is 20.1 Å². The van der Waals surface area contributed by atoms with Crippen LogP contribution in [0.4, 0.5) is 0 Å². The van der Waals surface area contributed by atoms with Gasteiger partial charge in [0.25, 0.3) is 0 Å². The van der Waals surface area contributed by atoms with Crippen LogP contribution in [0.1, 0.15) is 23.2 Å². The first-order chi connectivity index (χ1) is 9.51. The van der Waals surface area contributed by atoms with Crippen LogP contribution in [0.3, 0.4) is 0 Å². The Balaban J connectivity index is 3.15. The fourth-order valence-corrected chi connectivity index (χ4v) is 1.48. The summed E-state index contributed by atoms with van der Waals surface area (Å²) in [6.07, 6.45) is 0. The molecule has 10 heteroatoms. The summed E-state index contributed by atoms with van der Waals surface area (Å²) < 4.78 is 0. The Kier molecular flexibility index (Phi) is 4.93. The van der Waals surface area contributed by atoms with E-state index < -0.39 is 24.0 Å². The predicted molar refractivity (Wildman–Crippen MR) is 65.5 cm³/mol. The number of azide groups is 2. The largest absolute Gasteiger partial charge is 0.481 e. The van der Waals surface area contributed by atoms with Gasteiger partial charge < -0.3 is 10.2 Å². The van der Waals surface area contributed by atoms with Gasteiger partial charge in [0.2, 0.25) is 0 Å². The van der Waals surface area contributed by atoms with E-state index in [-0.39, 0.29) is 11.1 Å². The van der Waals surface area contributed by atoms with E-state index in [1.54, 1.807) is 0 Å². The van der Waals surface area contributed by atoms with Crippen molar-refractivity contribution in [3.05, 3.63) is 56.3 Å². The Hall–Kier alpha value is -3.22. The first kappa shape index (κ1) is 14.8. The molecule has 10 nitrogen and oxygen atoms in total. The molecule has 2 N–H and O–H groups in total. The number of carbonyl (C=O) groups is 2. The van der Waals surface area contributed by atoms with Crippen molar-refractivity contribution in [2.75, 3.05) is 0 Å². The number of hydrogen-bond acceptors (Lipinski definition) is 4. The minimum atomic E-state index is -1.41. The minimum Gasteiger partial charge on any atom is -0.481 e. The first-order valence-corrected chi connectivity index (χ1v) is 5.15. The molecule has 0 saturated carbocycles. The lowest BCUT2D eigenvalue weighted by Crippen LogP contribution is -2.10. The number of aliphatic carboxylic acids is 2. The maximum Gasteiger partial charge on any atom is 0.316 e. The van der Waals surface area contributed by atoms with Crippen LogP contribution >= 0.6 is 0 Å². The van der Waals surface area contributed by atoms with Crippen LogP contribution in [-0.2, 0) is 9.59 Å². The van der Waals surface area contributed by atoms with Crippen molar-refractivity contribution in [3.8, 4) is 0 Å². The zero-order valence-electron chi connectivity index (χ0n) is 9.86.